The zero-order valence-corrected chi connectivity index (χ0v) is 26.7. The summed E-state index contributed by atoms with van der Waals surface area (Å²) in [5.74, 6) is 1.26. The molecule has 8 nitrogen and oxygen atoms in total. The van der Waals surface area contributed by atoms with E-state index < -0.39 is 24.7 Å². The van der Waals surface area contributed by atoms with Crippen LogP contribution in [0, 0.1) is 0 Å². The lowest BCUT2D eigenvalue weighted by atomic mass is 9.78. The van der Waals surface area contributed by atoms with Crippen molar-refractivity contribution in [3.63, 3.8) is 0 Å². The fraction of sp³-hybridized carbons (Fsp3) is 0.484. The van der Waals surface area contributed by atoms with Crippen molar-refractivity contribution in [3.05, 3.63) is 83.8 Å². The normalized spacial score (nSPS) is 13.1. The summed E-state index contributed by atoms with van der Waals surface area (Å²) < 4.78 is 66.7. The van der Waals surface area contributed by atoms with E-state index in [4.69, 9.17) is 13.3 Å². The summed E-state index contributed by atoms with van der Waals surface area (Å²) in [5.41, 5.74) is 1.78. The first kappa shape index (κ1) is 32.7. The molecule has 1 heterocycles. The lowest BCUT2D eigenvalue weighted by Crippen LogP contribution is -2.38. The van der Waals surface area contributed by atoms with E-state index in [-0.39, 0.29) is 48.4 Å². The smallest absolute Gasteiger partial charge is 0.310 e. The van der Waals surface area contributed by atoms with Gasteiger partial charge >= 0.3 is 10.1 Å². The number of sulfone groups is 1. The van der Waals surface area contributed by atoms with Crippen molar-refractivity contribution in [2.45, 2.75) is 71.3 Å². The average Bonchev–Trinajstić information content (AvgIpc) is 3.38. The molecule has 0 aliphatic carbocycles. The standard InChI is InChI=1S/C31H43NO7S2/c1-24(2)38-27-14-10-25(11-15-27)31(6,7)26-12-16-28(17-13-26)39-41(35,36)22-19-32(23-29-9-8-20-37-29)18-21-40(33,34)30(3,4)5/h8-17,20,24H,18-19,21-23H2,1-7H3. The van der Waals surface area contributed by atoms with Gasteiger partial charge in [-0.25, -0.2) is 8.42 Å². The van der Waals surface area contributed by atoms with Crippen molar-refractivity contribution >= 4 is 20.0 Å². The van der Waals surface area contributed by atoms with Crippen LogP contribution in [0.5, 0.6) is 11.5 Å². The number of hydrogen-bond donors (Lipinski definition) is 0. The topological polar surface area (TPSA) is 103 Å². The summed E-state index contributed by atoms with van der Waals surface area (Å²) in [6, 6.07) is 18.5. The molecule has 3 rings (SSSR count). The van der Waals surface area contributed by atoms with E-state index >= 15 is 0 Å². The largest absolute Gasteiger partial charge is 0.491 e. The number of hydrogen-bond acceptors (Lipinski definition) is 8. The maximum Gasteiger partial charge on any atom is 0.310 e. The molecule has 10 heteroatoms. The molecule has 0 aliphatic rings. The minimum atomic E-state index is -3.94. The fourth-order valence-corrected chi connectivity index (χ4v) is 6.27. The van der Waals surface area contributed by atoms with E-state index in [2.05, 4.69) is 13.8 Å². The molecule has 0 aliphatic heterocycles. The molecule has 0 bridgehead atoms. The van der Waals surface area contributed by atoms with Crippen molar-refractivity contribution in [1.82, 2.24) is 4.90 Å². The second kappa shape index (κ2) is 13.0. The van der Waals surface area contributed by atoms with Gasteiger partial charge in [-0.05, 0) is 82.1 Å². The predicted molar refractivity (Wildman–Crippen MR) is 163 cm³/mol. The van der Waals surface area contributed by atoms with E-state index in [1.165, 1.54) is 6.26 Å². The van der Waals surface area contributed by atoms with Gasteiger partial charge < -0.3 is 13.3 Å². The predicted octanol–water partition coefficient (Wildman–Crippen LogP) is 5.82. The Labute approximate surface area is 245 Å². The van der Waals surface area contributed by atoms with Crippen LogP contribution in [0.15, 0.2) is 71.3 Å². The maximum atomic E-state index is 12.9. The fourth-order valence-electron chi connectivity index (χ4n) is 4.19. The number of nitrogens with zero attached hydrogens (tertiary/aromatic N) is 1. The van der Waals surface area contributed by atoms with E-state index in [0.29, 0.717) is 5.76 Å². The van der Waals surface area contributed by atoms with E-state index in [9.17, 15) is 16.8 Å². The highest BCUT2D eigenvalue weighted by Gasteiger charge is 2.30. The van der Waals surface area contributed by atoms with Crippen LogP contribution in [0.1, 0.15) is 65.4 Å². The third-order valence-corrected chi connectivity index (χ3v) is 10.7. The molecule has 0 saturated carbocycles. The molecule has 226 valence electrons. The van der Waals surface area contributed by atoms with Gasteiger partial charge in [-0.15, -0.1) is 0 Å². The second-order valence-corrected chi connectivity index (χ2v) is 16.5. The lowest BCUT2D eigenvalue weighted by Gasteiger charge is -2.26. The quantitative estimate of drug-likeness (QED) is 0.212. The molecular weight excluding hydrogens is 562 g/mol. The Hall–Kier alpha value is -2.82. The van der Waals surface area contributed by atoms with Gasteiger partial charge in [0, 0.05) is 18.5 Å². The van der Waals surface area contributed by atoms with Crippen LogP contribution in [0.2, 0.25) is 0 Å². The Kier molecular flexibility index (Phi) is 10.4. The van der Waals surface area contributed by atoms with Gasteiger partial charge in [0.1, 0.15) is 17.3 Å². The number of ether oxygens (including phenoxy) is 1. The molecular formula is C31H43NO7S2. The molecule has 1 aromatic heterocycles. The monoisotopic (exact) mass is 605 g/mol. The van der Waals surface area contributed by atoms with Gasteiger partial charge in [-0.3, -0.25) is 4.90 Å². The van der Waals surface area contributed by atoms with Crippen LogP contribution in [0.4, 0.5) is 0 Å². The van der Waals surface area contributed by atoms with Gasteiger partial charge in [0.05, 0.1) is 35.2 Å². The summed E-state index contributed by atoms with van der Waals surface area (Å²) in [5, 5.41) is 0. The minimum Gasteiger partial charge on any atom is -0.491 e. The first-order valence-corrected chi connectivity index (χ1v) is 17.0. The summed E-state index contributed by atoms with van der Waals surface area (Å²) >= 11 is 0. The van der Waals surface area contributed by atoms with E-state index in [1.807, 2.05) is 50.2 Å². The second-order valence-electron chi connectivity index (χ2n) is 12.0. The van der Waals surface area contributed by atoms with Crippen molar-refractivity contribution in [3.8, 4) is 11.5 Å². The maximum absolute atomic E-state index is 12.9. The Morgan fingerprint density at radius 1 is 0.780 bits per heavy atom. The van der Waals surface area contributed by atoms with Crippen LogP contribution >= 0.6 is 0 Å². The van der Waals surface area contributed by atoms with Crippen molar-refractivity contribution in [2.24, 2.45) is 0 Å². The molecule has 0 amide bonds. The van der Waals surface area contributed by atoms with Crippen LogP contribution in [-0.4, -0.2) is 57.2 Å². The summed E-state index contributed by atoms with van der Waals surface area (Å²) in [4.78, 5) is 1.76. The summed E-state index contributed by atoms with van der Waals surface area (Å²) in [6.45, 7) is 13.7. The highest BCUT2D eigenvalue weighted by atomic mass is 32.2. The average molecular weight is 606 g/mol. The van der Waals surface area contributed by atoms with Crippen LogP contribution in [0.3, 0.4) is 0 Å². The first-order chi connectivity index (χ1) is 19.0. The van der Waals surface area contributed by atoms with Crippen LogP contribution < -0.4 is 8.92 Å². The third kappa shape index (κ3) is 9.34. The zero-order valence-electron chi connectivity index (χ0n) is 25.1. The Bertz CT molecular complexity index is 1450. The highest BCUT2D eigenvalue weighted by Crippen LogP contribution is 2.33. The molecule has 0 radical (unpaired) electrons. The van der Waals surface area contributed by atoms with Crippen LogP contribution in [0.25, 0.3) is 0 Å². The molecule has 3 aromatic rings. The SMILES string of the molecule is CC(C)Oc1ccc(C(C)(C)c2ccc(OS(=O)(=O)CCN(CCS(=O)(=O)C(C)(C)C)Cc3ccco3)cc2)cc1. The molecule has 0 atom stereocenters. The number of furan rings is 1. The summed E-state index contributed by atoms with van der Waals surface area (Å²) in [6.07, 6.45) is 1.63. The Morgan fingerprint density at radius 3 is 1.80 bits per heavy atom. The molecule has 0 saturated heterocycles. The van der Waals surface area contributed by atoms with Gasteiger partial charge in [-0.2, -0.15) is 8.42 Å². The highest BCUT2D eigenvalue weighted by molar-refractivity contribution is 7.92. The first-order valence-electron chi connectivity index (χ1n) is 13.8. The lowest BCUT2D eigenvalue weighted by molar-refractivity contribution is 0.242. The third-order valence-electron chi connectivity index (χ3n) is 6.97. The van der Waals surface area contributed by atoms with Crippen molar-refractivity contribution in [1.29, 1.82) is 0 Å². The molecule has 0 unspecified atom stereocenters. The Morgan fingerprint density at radius 2 is 1.32 bits per heavy atom. The van der Waals surface area contributed by atoms with Crippen molar-refractivity contribution in [2.75, 3.05) is 24.6 Å². The van der Waals surface area contributed by atoms with E-state index in [1.54, 1.807) is 49.9 Å². The molecule has 0 N–H and O–H groups in total. The molecule has 41 heavy (non-hydrogen) atoms. The number of benzene rings is 2. The molecule has 0 fully saturated rings. The van der Waals surface area contributed by atoms with Crippen molar-refractivity contribution < 1.29 is 30.2 Å². The Balaban J connectivity index is 1.65. The summed E-state index contributed by atoms with van der Waals surface area (Å²) in [7, 11) is -7.32. The van der Waals surface area contributed by atoms with Crippen LogP contribution in [-0.2, 0) is 31.9 Å². The van der Waals surface area contributed by atoms with Gasteiger partial charge in [0.25, 0.3) is 0 Å². The van der Waals surface area contributed by atoms with E-state index in [0.717, 1.165) is 16.9 Å². The van der Waals surface area contributed by atoms with Gasteiger partial charge in [-0.1, -0.05) is 38.1 Å². The minimum absolute atomic E-state index is 0.0876. The number of rotatable bonds is 14. The zero-order chi connectivity index (χ0) is 30.5. The van der Waals surface area contributed by atoms with Gasteiger partial charge in [0.15, 0.2) is 9.84 Å². The molecule has 0 spiro atoms. The molecule has 2 aromatic carbocycles. The van der Waals surface area contributed by atoms with Gasteiger partial charge in [0.2, 0.25) is 0 Å².